The molecule has 0 bridgehead atoms. The molecule has 0 N–H and O–H groups in total. The molecule has 0 aliphatic heterocycles. The Morgan fingerprint density at radius 1 is 1.13 bits per heavy atom. The summed E-state index contributed by atoms with van der Waals surface area (Å²) in [5.74, 6) is 1.80. The van der Waals surface area contributed by atoms with Gasteiger partial charge in [-0.05, 0) is 19.1 Å². The second-order valence-electron chi connectivity index (χ2n) is 5.20. The maximum absolute atomic E-state index is 5.34. The minimum Gasteiger partial charge on any atom is -0.338 e. The van der Waals surface area contributed by atoms with E-state index in [4.69, 9.17) is 4.52 Å². The predicted molar refractivity (Wildman–Crippen MR) is 89.2 cm³/mol. The Balaban J connectivity index is 1.51. The maximum atomic E-state index is 5.34. The zero-order chi connectivity index (χ0) is 15.6. The van der Waals surface area contributed by atoms with Crippen molar-refractivity contribution >= 4 is 17.3 Å². The van der Waals surface area contributed by atoms with Gasteiger partial charge in [0.1, 0.15) is 0 Å². The highest BCUT2D eigenvalue weighted by molar-refractivity contribution is 7.98. The zero-order valence-corrected chi connectivity index (χ0v) is 13.3. The Morgan fingerprint density at radius 2 is 2.00 bits per heavy atom. The molecule has 0 spiro atoms. The third-order valence-electron chi connectivity index (χ3n) is 3.51. The summed E-state index contributed by atoms with van der Waals surface area (Å²) >= 11 is 1.58. The van der Waals surface area contributed by atoms with Gasteiger partial charge in [0, 0.05) is 11.8 Å². The number of hydrogen-bond donors (Lipinski definition) is 0. The summed E-state index contributed by atoms with van der Waals surface area (Å²) in [6.45, 7) is 2.05. The van der Waals surface area contributed by atoms with Crippen molar-refractivity contribution in [3.63, 3.8) is 0 Å². The van der Waals surface area contributed by atoms with Gasteiger partial charge in [-0.1, -0.05) is 52.8 Å². The van der Waals surface area contributed by atoms with E-state index in [1.165, 1.54) is 5.56 Å². The summed E-state index contributed by atoms with van der Waals surface area (Å²) in [6.07, 6.45) is 3.85. The molecule has 4 aromatic rings. The average molecular weight is 322 g/mol. The number of aromatic nitrogens is 4. The van der Waals surface area contributed by atoms with Gasteiger partial charge in [0.15, 0.2) is 5.16 Å². The Kier molecular flexibility index (Phi) is 3.59. The van der Waals surface area contributed by atoms with Crippen LogP contribution in [0.3, 0.4) is 0 Å². The Labute approximate surface area is 137 Å². The van der Waals surface area contributed by atoms with E-state index < -0.39 is 0 Å². The lowest BCUT2D eigenvalue weighted by Gasteiger charge is -1.98. The topological polar surface area (TPSA) is 56.2 Å². The Hall–Kier alpha value is -2.60. The quantitative estimate of drug-likeness (QED) is 0.532. The molecule has 4 rings (SSSR count). The van der Waals surface area contributed by atoms with Crippen LogP contribution in [0, 0.1) is 6.92 Å². The number of benzene rings is 1. The van der Waals surface area contributed by atoms with E-state index in [-0.39, 0.29) is 0 Å². The number of nitrogens with zero attached hydrogens (tertiary/aromatic N) is 4. The van der Waals surface area contributed by atoms with Gasteiger partial charge >= 0.3 is 0 Å². The van der Waals surface area contributed by atoms with Crippen LogP contribution in [0.1, 0.15) is 11.5 Å². The highest BCUT2D eigenvalue weighted by atomic mass is 32.2. The van der Waals surface area contributed by atoms with Crippen molar-refractivity contribution in [2.24, 2.45) is 0 Å². The maximum Gasteiger partial charge on any atom is 0.237 e. The fraction of sp³-hybridized carbons (Fsp3) is 0.118. The van der Waals surface area contributed by atoms with Crippen LogP contribution >= 0.6 is 11.8 Å². The number of aryl methyl sites for hydroxylation is 1. The lowest BCUT2D eigenvalue weighted by Crippen LogP contribution is -1.88. The molecule has 3 aromatic heterocycles. The van der Waals surface area contributed by atoms with E-state index in [1.807, 2.05) is 59.3 Å². The Bertz CT molecular complexity index is 943. The van der Waals surface area contributed by atoms with Crippen molar-refractivity contribution in [1.82, 2.24) is 19.5 Å². The van der Waals surface area contributed by atoms with Gasteiger partial charge in [-0.25, -0.2) is 4.98 Å². The number of thioether (sulfide) groups is 1. The minimum absolute atomic E-state index is 0.590. The molecule has 0 saturated carbocycles. The molecule has 0 saturated heterocycles. The summed E-state index contributed by atoms with van der Waals surface area (Å²) in [6, 6.07) is 14.1. The first kappa shape index (κ1) is 14.0. The molecule has 0 amide bonds. The van der Waals surface area contributed by atoms with Crippen LogP contribution in [0.25, 0.3) is 16.9 Å². The van der Waals surface area contributed by atoms with Gasteiger partial charge in [-0.3, -0.25) is 4.40 Å². The fourth-order valence-electron chi connectivity index (χ4n) is 2.29. The average Bonchev–Trinajstić information content (AvgIpc) is 3.20. The first-order valence-corrected chi connectivity index (χ1v) is 8.23. The van der Waals surface area contributed by atoms with E-state index in [2.05, 4.69) is 22.0 Å². The molecule has 6 heteroatoms. The highest BCUT2D eigenvalue weighted by Gasteiger charge is 2.11. The number of rotatable bonds is 4. The van der Waals surface area contributed by atoms with Gasteiger partial charge in [-0.2, -0.15) is 4.98 Å². The van der Waals surface area contributed by atoms with Crippen LogP contribution in [0.15, 0.2) is 64.5 Å². The van der Waals surface area contributed by atoms with Crippen LogP contribution in [-0.2, 0) is 5.75 Å². The van der Waals surface area contributed by atoms with Crippen molar-refractivity contribution in [3.8, 4) is 11.4 Å². The SMILES string of the molecule is Cc1ccc(-c2noc(CSc3ncc4ccccn34)n2)cc1. The molecular formula is C17H14N4OS. The molecule has 0 radical (unpaired) electrons. The van der Waals surface area contributed by atoms with Gasteiger partial charge < -0.3 is 4.52 Å². The van der Waals surface area contributed by atoms with Crippen LogP contribution in [0.4, 0.5) is 0 Å². The summed E-state index contributed by atoms with van der Waals surface area (Å²) < 4.78 is 7.38. The van der Waals surface area contributed by atoms with E-state index in [0.29, 0.717) is 17.5 Å². The molecular weight excluding hydrogens is 308 g/mol. The van der Waals surface area contributed by atoms with E-state index >= 15 is 0 Å². The van der Waals surface area contributed by atoms with Crippen LogP contribution in [0.2, 0.25) is 0 Å². The third-order valence-corrected chi connectivity index (χ3v) is 4.46. The van der Waals surface area contributed by atoms with Gasteiger partial charge in [0.25, 0.3) is 0 Å². The van der Waals surface area contributed by atoms with Crippen molar-refractivity contribution in [2.75, 3.05) is 0 Å². The van der Waals surface area contributed by atoms with Crippen LogP contribution < -0.4 is 0 Å². The van der Waals surface area contributed by atoms with E-state index in [1.54, 1.807) is 11.8 Å². The van der Waals surface area contributed by atoms with Gasteiger partial charge in [-0.15, -0.1) is 0 Å². The molecule has 5 nitrogen and oxygen atoms in total. The monoisotopic (exact) mass is 322 g/mol. The molecule has 0 atom stereocenters. The molecule has 0 fully saturated rings. The third kappa shape index (κ3) is 2.85. The lowest BCUT2D eigenvalue weighted by molar-refractivity contribution is 0.391. The highest BCUT2D eigenvalue weighted by Crippen LogP contribution is 2.23. The molecule has 0 aliphatic rings. The smallest absolute Gasteiger partial charge is 0.237 e. The van der Waals surface area contributed by atoms with Crippen molar-refractivity contribution in [3.05, 3.63) is 66.3 Å². The number of fused-ring (bicyclic) bond motifs is 1. The largest absolute Gasteiger partial charge is 0.338 e. The molecule has 23 heavy (non-hydrogen) atoms. The first-order chi connectivity index (χ1) is 11.3. The number of hydrogen-bond acceptors (Lipinski definition) is 5. The van der Waals surface area contributed by atoms with Gasteiger partial charge in [0.2, 0.25) is 11.7 Å². The standard InChI is InChI=1S/C17H14N4OS/c1-12-5-7-13(8-6-12)16-19-15(22-20-16)11-23-17-18-10-14-4-2-3-9-21(14)17/h2-10H,11H2,1H3. The number of pyridine rings is 1. The second kappa shape index (κ2) is 5.89. The van der Waals surface area contributed by atoms with Gasteiger partial charge in [0.05, 0.1) is 17.5 Å². The Morgan fingerprint density at radius 3 is 2.87 bits per heavy atom. The summed E-state index contributed by atoms with van der Waals surface area (Å²) in [5.41, 5.74) is 3.24. The van der Waals surface area contributed by atoms with E-state index in [0.717, 1.165) is 16.2 Å². The second-order valence-corrected chi connectivity index (χ2v) is 6.15. The van der Waals surface area contributed by atoms with Crippen LogP contribution in [0.5, 0.6) is 0 Å². The summed E-state index contributed by atoms with van der Waals surface area (Å²) in [7, 11) is 0. The van der Waals surface area contributed by atoms with Crippen molar-refractivity contribution in [2.45, 2.75) is 17.8 Å². The van der Waals surface area contributed by atoms with Crippen LogP contribution in [-0.4, -0.2) is 19.5 Å². The first-order valence-electron chi connectivity index (χ1n) is 7.24. The molecule has 3 heterocycles. The van der Waals surface area contributed by atoms with Crippen molar-refractivity contribution < 1.29 is 4.52 Å². The van der Waals surface area contributed by atoms with E-state index in [9.17, 15) is 0 Å². The molecule has 0 aliphatic carbocycles. The minimum atomic E-state index is 0.590. The summed E-state index contributed by atoms with van der Waals surface area (Å²) in [4.78, 5) is 8.88. The van der Waals surface area contributed by atoms with Crippen molar-refractivity contribution in [1.29, 1.82) is 0 Å². The number of imidazole rings is 1. The molecule has 0 unspecified atom stereocenters. The lowest BCUT2D eigenvalue weighted by atomic mass is 10.1. The predicted octanol–water partition coefficient (Wildman–Crippen LogP) is 3.99. The fourth-order valence-corrected chi connectivity index (χ4v) is 3.09. The normalized spacial score (nSPS) is 11.2. The summed E-state index contributed by atoms with van der Waals surface area (Å²) in [5, 5.41) is 4.96. The zero-order valence-electron chi connectivity index (χ0n) is 12.5. The molecule has 114 valence electrons. The molecule has 1 aromatic carbocycles.